The Morgan fingerprint density at radius 1 is 1.29 bits per heavy atom. The maximum Gasteiger partial charge on any atom is 0.345 e. The fourth-order valence-corrected chi connectivity index (χ4v) is 5.61. The van der Waals surface area contributed by atoms with Crippen LogP contribution in [0.25, 0.3) is 0 Å². The van der Waals surface area contributed by atoms with Gasteiger partial charge in [0.15, 0.2) is 9.84 Å². The molecule has 0 N–H and O–H groups in total. The zero-order valence-corrected chi connectivity index (χ0v) is 17.5. The minimum absolute atomic E-state index is 0.0438. The molecule has 0 atom stereocenters. The molecular weight excluding hydrogens is 380 g/mol. The zero-order chi connectivity index (χ0) is 20.5. The van der Waals surface area contributed by atoms with E-state index >= 15 is 0 Å². The quantitative estimate of drug-likeness (QED) is 0.541. The van der Waals surface area contributed by atoms with Gasteiger partial charge in [0.2, 0.25) is 5.88 Å². The normalized spacial score (nSPS) is 17.1. The maximum atomic E-state index is 12.9. The molecule has 3 rings (SSSR count). The smallest absolute Gasteiger partial charge is 0.345 e. The van der Waals surface area contributed by atoms with Gasteiger partial charge in [-0.3, -0.25) is 0 Å². The molecule has 1 aliphatic rings. The van der Waals surface area contributed by atoms with Crippen molar-refractivity contribution in [3.05, 3.63) is 41.1 Å². The van der Waals surface area contributed by atoms with E-state index in [1.807, 2.05) is 20.8 Å². The fraction of sp³-hybridized carbons (Fsp3) is 0.500. The van der Waals surface area contributed by atoms with E-state index in [4.69, 9.17) is 9.47 Å². The third-order valence-corrected chi connectivity index (χ3v) is 6.91. The lowest BCUT2D eigenvalue weighted by atomic mass is 9.80. The van der Waals surface area contributed by atoms with Gasteiger partial charge in [-0.15, -0.1) is 0 Å². The SMILES string of the molecule is CCCOCc1c(C(=O)Oc2ccnn2C)ccc2c1S(=O)(=O)CCC2(C)C. The molecule has 1 aromatic heterocycles. The van der Waals surface area contributed by atoms with E-state index < -0.39 is 15.8 Å². The predicted molar refractivity (Wildman–Crippen MR) is 104 cm³/mol. The summed E-state index contributed by atoms with van der Waals surface area (Å²) >= 11 is 0. The predicted octanol–water partition coefficient (Wildman–Crippen LogP) is 3.02. The number of sulfone groups is 1. The van der Waals surface area contributed by atoms with Gasteiger partial charge in [0.05, 0.1) is 29.0 Å². The largest absolute Gasteiger partial charge is 0.404 e. The van der Waals surface area contributed by atoms with E-state index in [0.29, 0.717) is 18.6 Å². The molecule has 0 saturated heterocycles. The summed E-state index contributed by atoms with van der Waals surface area (Å²) in [5.74, 6) is -0.292. The highest BCUT2D eigenvalue weighted by atomic mass is 32.2. The summed E-state index contributed by atoms with van der Waals surface area (Å²) in [5.41, 5.74) is 1.01. The van der Waals surface area contributed by atoms with Gasteiger partial charge in [-0.25, -0.2) is 17.9 Å². The second-order valence-corrected chi connectivity index (χ2v) is 9.70. The fourth-order valence-electron chi connectivity index (χ4n) is 3.41. The summed E-state index contributed by atoms with van der Waals surface area (Å²) in [5, 5.41) is 3.98. The van der Waals surface area contributed by atoms with Gasteiger partial charge in [-0.2, -0.15) is 5.10 Å². The van der Waals surface area contributed by atoms with Crippen molar-refractivity contribution in [2.75, 3.05) is 12.4 Å². The van der Waals surface area contributed by atoms with Crippen LogP contribution in [0.1, 0.15) is 55.1 Å². The third-order valence-electron chi connectivity index (χ3n) is 5.08. The molecule has 7 nitrogen and oxygen atoms in total. The van der Waals surface area contributed by atoms with E-state index in [9.17, 15) is 13.2 Å². The van der Waals surface area contributed by atoms with Gasteiger partial charge >= 0.3 is 5.97 Å². The maximum absolute atomic E-state index is 12.9. The van der Waals surface area contributed by atoms with Crippen molar-refractivity contribution in [1.82, 2.24) is 9.78 Å². The van der Waals surface area contributed by atoms with Gasteiger partial charge in [0.25, 0.3) is 0 Å². The van der Waals surface area contributed by atoms with Crippen molar-refractivity contribution in [2.24, 2.45) is 7.05 Å². The van der Waals surface area contributed by atoms with Crippen molar-refractivity contribution in [3.63, 3.8) is 0 Å². The molecule has 152 valence electrons. The van der Waals surface area contributed by atoms with Crippen molar-refractivity contribution < 1.29 is 22.7 Å². The van der Waals surface area contributed by atoms with E-state index in [1.54, 1.807) is 25.2 Å². The molecule has 8 heteroatoms. The summed E-state index contributed by atoms with van der Waals surface area (Å²) < 4.78 is 38.4. The molecule has 2 aromatic rings. The molecule has 0 fully saturated rings. The molecule has 0 bridgehead atoms. The lowest BCUT2D eigenvalue weighted by Gasteiger charge is -2.34. The number of ether oxygens (including phenoxy) is 2. The Morgan fingerprint density at radius 2 is 2.04 bits per heavy atom. The van der Waals surface area contributed by atoms with Gasteiger partial charge in [0, 0.05) is 25.3 Å². The van der Waals surface area contributed by atoms with Crippen LogP contribution in [0.5, 0.6) is 5.88 Å². The average molecular weight is 407 g/mol. The first-order valence-electron chi connectivity index (χ1n) is 9.34. The van der Waals surface area contributed by atoms with Crippen LogP contribution < -0.4 is 4.74 Å². The van der Waals surface area contributed by atoms with E-state index in [-0.39, 0.29) is 34.1 Å². The minimum atomic E-state index is -3.51. The van der Waals surface area contributed by atoms with Crippen LogP contribution >= 0.6 is 0 Å². The molecule has 0 radical (unpaired) electrons. The van der Waals surface area contributed by atoms with E-state index in [1.165, 1.54) is 10.9 Å². The Morgan fingerprint density at radius 3 is 2.68 bits per heavy atom. The summed E-state index contributed by atoms with van der Waals surface area (Å²) in [4.78, 5) is 13.1. The highest BCUT2D eigenvalue weighted by Crippen LogP contribution is 2.41. The van der Waals surface area contributed by atoms with Crippen LogP contribution in [0, 0.1) is 0 Å². The number of rotatable bonds is 6. The number of hydrogen-bond donors (Lipinski definition) is 0. The van der Waals surface area contributed by atoms with Gasteiger partial charge in [-0.05, 0) is 29.9 Å². The van der Waals surface area contributed by atoms with Crippen molar-refractivity contribution in [3.8, 4) is 5.88 Å². The van der Waals surface area contributed by atoms with Crippen LogP contribution in [0.4, 0.5) is 0 Å². The van der Waals surface area contributed by atoms with Crippen molar-refractivity contribution in [2.45, 2.75) is 50.5 Å². The molecule has 0 unspecified atom stereocenters. The van der Waals surface area contributed by atoms with Crippen LogP contribution in [0.2, 0.25) is 0 Å². The summed E-state index contributed by atoms with van der Waals surface area (Å²) in [6.07, 6.45) is 2.85. The number of fused-ring (bicyclic) bond motifs is 1. The van der Waals surface area contributed by atoms with Gasteiger partial charge in [-0.1, -0.05) is 26.8 Å². The number of hydrogen-bond acceptors (Lipinski definition) is 6. The Hall–Kier alpha value is -2.19. The summed E-state index contributed by atoms with van der Waals surface area (Å²) in [7, 11) is -1.85. The number of nitrogens with zero attached hydrogens (tertiary/aromatic N) is 2. The number of carbonyl (C=O) groups is 1. The Kier molecular flexibility index (Phi) is 5.63. The number of aromatic nitrogens is 2. The number of aryl methyl sites for hydroxylation is 1. The Labute approximate surface area is 165 Å². The lowest BCUT2D eigenvalue weighted by Crippen LogP contribution is -2.32. The molecule has 0 saturated carbocycles. The molecule has 2 heterocycles. The molecule has 0 amide bonds. The minimum Gasteiger partial charge on any atom is -0.404 e. The zero-order valence-electron chi connectivity index (χ0n) is 16.7. The topological polar surface area (TPSA) is 87.5 Å². The first kappa shape index (κ1) is 20.5. The molecule has 28 heavy (non-hydrogen) atoms. The van der Waals surface area contributed by atoms with Crippen LogP contribution in [0.3, 0.4) is 0 Å². The Bertz CT molecular complexity index is 992. The highest BCUT2D eigenvalue weighted by Gasteiger charge is 2.39. The van der Waals surface area contributed by atoms with Crippen LogP contribution in [-0.2, 0) is 33.6 Å². The first-order chi connectivity index (χ1) is 13.2. The summed E-state index contributed by atoms with van der Waals surface area (Å²) in [6, 6.07) is 4.95. The second-order valence-electron chi connectivity index (χ2n) is 7.66. The summed E-state index contributed by atoms with van der Waals surface area (Å²) in [6.45, 7) is 6.53. The highest BCUT2D eigenvalue weighted by molar-refractivity contribution is 7.91. The van der Waals surface area contributed by atoms with Gasteiger partial charge < -0.3 is 9.47 Å². The van der Waals surface area contributed by atoms with Crippen molar-refractivity contribution >= 4 is 15.8 Å². The van der Waals surface area contributed by atoms with Crippen molar-refractivity contribution in [1.29, 1.82) is 0 Å². The first-order valence-corrected chi connectivity index (χ1v) is 11.0. The molecule has 0 spiro atoms. The number of benzene rings is 1. The van der Waals surface area contributed by atoms with Gasteiger partial charge in [0.1, 0.15) is 0 Å². The molecular formula is C20H26N2O5S. The van der Waals surface area contributed by atoms with Crippen LogP contribution in [-0.4, -0.2) is 36.5 Å². The van der Waals surface area contributed by atoms with Crippen LogP contribution in [0.15, 0.2) is 29.3 Å². The van der Waals surface area contributed by atoms with E-state index in [0.717, 1.165) is 12.0 Å². The standard InChI is InChI=1S/C20H26N2O5S/c1-5-11-26-13-15-14(19(23)27-17-8-10-21-22(17)4)6-7-16-18(15)28(24,25)12-9-20(16,2)3/h6-8,10H,5,9,11-13H2,1-4H3. The Balaban J connectivity index is 2.12. The molecule has 1 aliphatic heterocycles. The second kappa shape index (κ2) is 7.67. The molecule has 0 aliphatic carbocycles. The van der Waals surface area contributed by atoms with E-state index in [2.05, 4.69) is 5.10 Å². The number of esters is 1. The average Bonchev–Trinajstić information content (AvgIpc) is 3.03. The monoisotopic (exact) mass is 406 g/mol. The third kappa shape index (κ3) is 3.84. The number of carbonyl (C=O) groups excluding carboxylic acids is 1. The molecule has 1 aromatic carbocycles. The lowest BCUT2D eigenvalue weighted by molar-refractivity contribution is 0.0709.